The molecule has 2 aromatic carbocycles. The fourth-order valence-corrected chi connectivity index (χ4v) is 2.98. The molecule has 0 amide bonds. The molecule has 2 N–H and O–H groups in total. The second-order valence-electron chi connectivity index (χ2n) is 4.55. The number of anilines is 1. The van der Waals surface area contributed by atoms with Gasteiger partial charge in [0.05, 0.1) is 10.6 Å². The number of nitrogens with one attached hydrogen (secondary N) is 1. The molecule has 0 aliphatic rings. The van der Waals surface area contributed by atoms with Gasteiger partial charge in [-0.1, -0.05) is 35.9 Å². The molecule has 20 heavy (non-hydrogen) atoms. The minimum Gasteiger partial charge on any atom is -0.396 e. The molecule has 0 spiro atoms. The number of sulfonamides is 1. The van der Waals surface area contributed by atoms with Crippen molar-refractivity contribution in [2.45, 2.75) is 18.2 Å². The van der Waals surface area contributed by atoms with Crippen LogP contribution in [0.25, 0.3) is 0 Å². The second-order valence-corrected chi connectivity index (χ2v) is 6.23. The van der Waals surface area contributed by atoms with Crippen LogP contribution in [0.1, 0.15) is 11.1 Å². The molecule has 0 saturated carbocycles. The molecule has 106 valence electrons. The Morgan fingerprint density at radius 3 is 2.35 bits per heavy atom. The monoisotopic (exact) mass is 291 g/mol. The summed E-state index contributed by atoms with van der Waals surface area (Å²) in [5.74, 6) is 0. The summed E-state index contributed by atoms with van der Waals surface area (Å²) in [6.45, 7) is 1.88. The van der Waals surface area contributed by atoms with Gasteiger partial charge in [-0.2, -0.15) is 0 Å². The van der Waals surface area contributed by atoms with Crippen molar-refractivity contribution in [1.82, 2.24) is 0 Å². The molecule has 0 unspecified atom stereocenters. The summed E-state index contributed by atoms with van der Waals surface area (Å²) in [5.41, 5.74) is 2.28. The molecule has 0 saturated heterocycles. The van der Waals surface area contributed by atoms with Crippen molar-refractivity contribution in [2.75, 3.05) is 11.3 Å². The zero-order valence-electron chi connectivity index (χ0n) is 11.2. The third kappa shape index (κ3) is 3.37. The van der Waals surface area contributed by atoms with Gasteiger partial charge in [0.25, 0.3) is 10.0 Å². The van der Waals surface area contributed by atoms with Gasteiger partial charge in [0, 0.05) is 6.61 Å². The van der Waals surface area contributed by atoms with Gasteiger partial charge in [0.15, 0.2) is 0 Å². The molecule has 0 aliphatic heterocycles. The Morgan fingerprint density at radius 2 is 1.70 bits per heavy atom. The number of hydrogen-bond donors (Lipinski definition) is 2. The van der Waals surface area contributed by atoms with Crippen LogP contribution >= 0.6 is 0 Å². The van der Waals surface area contributed by atoms with E-state index in [1.54, 1.807) is 42.5 Å². The topological polar surface area (TPSA) is 66.4 Å². The van der Waals surface area contributed by atoms with Gasteiger partial charge in [-0.15, -0.1) is 0 Å². The Balaban J connectivity index is 2.31. The average Bonchev–Trinajstić information content (AvgIpc) is 2.41. The van der Waals surface area contributed by atoms with Crippen LogP contribution in [-0.2, 0) is 16.4 Å². The van der Waals surface area contributed by atoms with Crippen molar-refractivity contribution in [3.8, 4) is 0 Å². The largest absolute Gasteiger partial charge is 0.396 e. The normalized spacial score (nSPS) is 11.3. The first-order chi connectivity index (χ1) is 9.53. The van der Waals surface area contributed by atoms with Gasteiger partial charge in [-0.3, -0.25) is 4.72 Å². The highest BCUT2D eigenvalue weighted by atomic mass is 32.2. The molecule has 2 aromatic rings. The van der Waals surface area contributed by atoms with E-state index in [4.69, 9.17) is 5.11 Å². The van der Waals surface area contributed by atoms with Gasteiger partial charge >= 0.3 is 0 Å². The lowest BCUT2D eigenvalue weighted by Crippen LogP contribution is -2.14. The molecule has 0 bridgehead atoms. The molecule has 0 aliphatic carbocycles. The molecular formula is C15H17NO3S. The van der Waals surface area contributed by atoms with Crippen molar-refractivity contribution in [2.24, 2.45) is 0 Å². The number of para-hydroxylation sites is 1. The highest BCUT2D eigenvalue weighted by molar-refractivity contribution is 7.92. The van der Waals surface area contributed by atoms with Crippen molar-refractivity contribution in [1.29, 1.82) is 0 Å². The summed E-state index contributed by atoms with van der Waals surface area (Å²) >= 11 is 0. The van der Waals surface area contributed by atoms with Crippen LogP contribution < -0.4 is 4.72 Å². The SMILES string of the molecule is Cc1ccc(S(=O)(=O)Nc2ccccc2CCO)cc1. The van der Waals surface area contributed by atoms with E-state index in [9.17, 15) is 8.42 Å². The first-order valence-corrected chi connectivity index (χ1v) is 7.79. The van der Waals surface area contributed by atoms with Crippen LogP contribution in [0.2, 0.25) is 0 Å². The maximum atomic E-state index is 12.3. The predicted molar refractivity (Wildman–Crippen MR) is 79.2 cm³/mol. The third-order valence-corrected chi connectivity index (χ3v) is 4.36. The van der Waals surface area contributed by atoms with Crippen LogP contribution in [0.3, 0.4) is 0 Å². The lowest BCUT2D eigenvalue weighted by Gasteiger charge is -2.12. The van der Waals surface area contributed by atoms with E-state index in [0.29, 0.717) is 12.1 Å². The summed E-state index contributed by atoms with van der Waals surface area (Å²) in [6, 6.07) is 13.7. The Labute approximate surface area is 119 Å². The second kappa shape index (κ2) is 6.07. The first-order valence-electron chi connectivity index (χ1n) is 6.31. The number of hydrogen-bond acceptors (Lipinski definition) is 3. The molecular weight excluding hydrogens is 274 g/mol. The lowest BCUT2D eigenvalue weighted by molar-refractivity contribution is 0.300. The summed E-state index contributed by atoms with van der Waals surface area (Å²) in [7, 11) is -3.60. The van der Waals surface area contributed by atoms with E-state index in [0.717, 1.165) is 11.1 Å². The van der Waals surface area contributed by atoms with Crippen LogP contribution in [0.15, 0.2) is 53.4 Å². The van der Waals surface area contributed by atoms with Crippen LogP contribution in [0, 0.1) is 6.92 Å². The fraction of sp³-hybridized carbons (Fsp3) is 0.200. The number of aliphatic hydroxyl groups is 1. The number of benzene rings is 2. The molecule has 0 heterocycles. The maximum absolute atomic E-state index is 12.3. The zero-order chi connectivity index (χ0) is 14.6. The lowest BCUT2D eigenvalue weighted by atomic mass is 10.1. The Bertz CT molecular complexity index is 679. The minimum atomic E-state index is -3.60. The standard InChI is InChI=1S/C15H17NO3S/c1-12-6-8-14(9-7-12)20(18,19)16-15-5-3-2-4-13(15)10-11-17/h2-9,16-17H,10-11H2,1H3. The van der Waals surface area contributed by atoms with Crippen molar-refractivity contribution in [3.63, 3.8) is 0 Å². The van der Waals surface area contributed by atoms with Gasteiger partial charge in [-0.05, 0) is 37.1 Å². The summed E-state index contributed by atoms with van der Waals surface area (Å²) in [4.78, 5) is 0.224. The van der Waals surface area contributed by atoms with Crippen molar-refractivity contribution in [3.05, 3.63) is 59.7 Å². The number of rotatable bonds is 5. The summed E-state index contributed by atoms with van der Waals surface area (Å²) in [5, 5.41) is 9.01. The number of aryl methyl sites for hydroxylation is 1. The van der Waals surface area contributed by atoms with Gasteiger partial charge in [0.1, 0.15) is 0 Å². The van der Waals surface area contributed by atoms with E-state index in [1.165, 1.54) is 0 Å². The molecule has 4 nitrogen and oxygen atoms in total. The molecule has 2 rings (SSSR count). The summed E-state index contributed by atoms with van der Waals surface area (Å²) in [6.07, 6.45) is 0.409. The zero-order valence-corrected chi connectivity index (χ0v) is 12.0. The van der Waals surface area contributed by atoms with E-state index in [1.807, 2.05) is 13.0 Å². The Morgan fingerprint density at radius 1 is 1.05 bits per heavy atom. The van der Waals surface area contributed by atoms with E-state index < -0.39 is 10.0 Å². The van der Waals surface area contributed by atoms with Gasteiger partial charge < -0.3 is 5.11 Å². The predicted octanol–water partition coefficient (Wildman–Crippen LogP) is 2.33. The molecule has 0 radical (unpaired) electrons. The van der Waals surface area contributed by atoms with Gasteiger partial charge in [-0.25, -0.2) is 8.42 Å². The fourth-order valence-electron chi connectivity index (χ4n) is 1.88. The minimum absolute atomic E-state index is 0.0245. The molecule has 5 heteroatoms. The average molecular weight is 291 g/mol. The van der Waals surface area contributed by atoms with E-state index in [-0.39, 0.29) is 11.5 Å². The number of aliphatic hydroxyl groups excluding tert-OH is 1. The van der Waals surface area contributed by atoms with Crippen LogP contribution in [0.5, 0.6) is 0 Å². The van der Waals surface area contributed by atoms with E-state index in [2.05, 4.69) is 4.72 Å². The smallest absolute Gasteiger partial charge is 0.261 e. The molecule has 0 fully saturated rings. The quantitative estimate of drug-likeness (QED) is 0.888. The van der Waals surface area contributed by atoms with E-state index >= 15 is 0 Å². The maximum Gasteiger partial charge on any atom is 0.261 e. The first kappa shape index (κ1) is 14.6. The summed E-state index contributed by atoms with van der Waals surface area (Å²) < 4.78 is 27.2. The molecule has 0 aromatic heterocycles. The Hall–Kier alpha value is -1.85. The molecule has 0 atom stereocenters. The van der Waals surface area contributed by atoms with Crippen LogP contribution in [0.4, 0.5) is 5.69 Å². The van der Waals surface area contributed by atoms with Crippen LogP contribution in [-0.4, -0.2) is 20.1 Å². The van der Waals surface area contributed by atoms with Crippen molar-refractivity contribution < 1.29 is 13.5 Å². The van der Waals surface area contributed by atoms with Gasteiger partial charge in [0.2, 0.25) is 0 Å². The highest BCUT2D eigenvalue weighted by Gasteiger charge is 2.15. The van der Waals surface area contributed by atoms with Crippen molar-refractivity contribution >= 4 is 15.7 Å². The third-order valence-electron chi connectivity index (χ3n) is 2.97. The Kier molecular flexibility index (Phi) is 4.42. The highest BCUT2D eigenvalue weighted by Crippen LogP contribution is 2.20.